The molecule has 68 valence electrons. The Labute approximate surface area is 74.6 Å². The summed E-state index contributed by atoms with van der Waals surface area (Å²) in [6.07, 6.45) is 0. The second kappa shape index (κ2) is 3.50. The Morgan fingerprint density at radius 1 is 1.38 bits per heavy atom. The van der Waals surface area contributed by atoms with Gasteiger partial charge in [-0.15, -0.1) is 0 Å². The van der Waals surface area contributed by atoms with E-state index in [1.54, 1.807) is 6.92 Å². The van der Waals surface area contributed by atoms with E-state index < -0.39 is 23.2 Å². The van der Waals surface area contributed by atoms with Gasteiger partial charge in [-0.1, -0.05) is 0 Å². The van der Waals surface area contributed by atoms with E-state index in [1.165, 1.54) is 6.07 Å². The summed E-state index contributed by atoms with van der Waals surface area (Å²) < 4.78 is 25.9. The number of rotatable bonds is 1. The summed E-state index contributed by atoms with van der Waals surface area (Å²) in [5.74, 6) is -1.73. The SMILES string of the molecule is CC(N)c1cc(F)c(C#N)c(F)c1. The van der Waals surface area contributed by atoms with Gasteiger partial charge in [-0.05, 0) is 24.6 Å². The molecule has 0 aliphatic heterocycles. The maximum atomic E-state index is 13.0. The molecular formula is C9H8F2N2. The van der Waals surface area contributed by atoms with Gasteiger partial charge in [0.05, 0.1) is 0 Å². The lowest BCUT2D eigenvalue weighted by atomic mass is 10.1. The molecule has 0 saturated heterocycles. The smallest absolute Gasteiger partial charge is 0.144 e. The predicted octanol–water partition coefficient (Wildman–Crippen LogP) is 1.86. The molecule has 0 amide bonds. The second-order valence-corrected chi connectivity index (χ2v) is 2.76. The largest absolute Gasteiger partial charge is 0.324 e. The van der Waals surface area contributed by atoms with Crippen LogP contribution in [-0.4, -0.2) is 0 Å². The molecule has 1 unspecified atom stereocenters. The van der Waals surface area contributed by atoms with Crippen LogP contribution in [0.15, 0.2) is 12.1 Å². The molecule has 1 atom stereocenters. The summed E-state index contributed by atoms with van der Waals surface area (Å²) in [5.41, 5.74) is 5.20. The molecule has 13 heavy (non-hydrogen) atoms. The van der Waals surface area contributed by atoms with Crippen LogP contribution in [0.3, 0.4) is 0 Å². The van der Waals surface area contributed by atoms with Crippen LogP contribution in [0.4, 0.5) is 8.78 Å². The van der Waals surface area contributed by atoms with Crippen molar-refractivity contribution in [3.05, 3.63) is 34.9 Å². The van der Waals surface area contributed by atoms with E-state index in [4.69, 9.17) is 11.0 Å². The first-order valence-electron chi connectivity index (χ1n) is 3.71. The lowest BCUT2D eigenvalue weighted by molar-refractivity contribution is 0.569. The second-order valence-electron chi connectivity index (χ2n) is 2.76. The van der Waals surface area contributed by atoms with Crippen LogP contribution in [0.2, 0.25) is 0 Å². The van der Waals surface area contributed by atoms with Gasteiger partial charge in [-0.25, -0.2) is 8.78 Å². The Morgan fingerprint density at radius 3 is 2.15 bits per heavy atom. The van der Waals surface area contributed by atoms with Crippen molar-refractivity contribution < 1.29 is 8.78 Å². The maximum Gasteiger partial charge on any atom is 0.144 e. The summed E-state index contributed by atoms with van der Waals surface area (Å²) in [6, 6.07) is 3.14. The first-order chi connectivity index (χ1) is 6.06. The number of hydrogen-bond donors (Lipinski definition) is 1. The number of benzene rings is 1. The van der Waals surface area contributed by atoms with Gasteiger partial charge in [0.2, 0.25) is 0 Å². The van der Waals surface area contributed by atoms with Gasteiger partial charge in [0.25, 0.3) is 0 Å². The van der Waals surface area contributed by atoms with Crippen molar-refractivity contribution >= 4 is 0 Å². The van der Waals surface area contributed by atoms with Crippen LogP contribution < -0.4 is 5.73 Å². The molecule has 4 heteroatoms. The summed E-state index contributed by atoms with van der Waals surface area (Å²) in [5, 5.41) is 8.37. The van der Waals surface area contributed by atoms with Crippen molar-refractivity contribution in [3.63, 3.8) is 0 Å². The molecule has 0 radical (unpaired) electrons. The van der Waals surface area contributed by atoms with E-state index in [0.717, 1.165) is 12.1 Å². The van der Waals surface area contributed by atoms with Crippen molar-refractivity contribution in [2.75, 3.05) is 0 Å². The molecule has 0 heterocycles. The average Bonchev–Trinajstić information content (AvgIpc) is 2.03. The fraction of sp³-hybridized carbons (Fsp3) is 0.222. The van der Waals surface area contributed by atoms with Crippen LogP contribution in [0, 0.1) is 23.0 Å². The summed E-state index contributed by atoms with van der Waals surface area (Å²) in [6.45, 7) is 1.61. The van der Waals surface area contributed by atoms with Crippen LogP contribution in [0.5, 0.6) is 0 Å². The van der Waals surface area contributed by atoms with Gasteiger partial charge in [0.15, 0.2) is 0 Å². The molecule has 0 bridgehead atoms. The molecule has 2 nitrogen and oxygen atoms in total. The highest BCUT2D eigenvalue weighted by Crippen LogP contribution is 2.17. The number of hydrogen-bond acceptors (Lipinski definition) is 2. The molecular weight excluding hydrogens is 174 g/mol. The zero-order chi connectivity index (χ0) is 10.0. The summed E-state index contributed by atoms with van der Waals surface area (Å²) in [4.78, 5) is 0. The monoisotopic (exact) mass is 182 g/mol. The topological polar surface area (TPSA) is 49.8 Å². The molecule has 1 aromatic carbocycles. The standard InChI is InChI=1S/C9H8F2N2/c1-5(13)6-2-8(10)7(4-12)9(11)3-6/h2-3,5H,13H2,1H3. The molecule has 0 aromatic heterocycles. The molecule has 1 aromatic rings. The third kappa shape index (κ3) is 1.82. The van der Waals surface area contributed by atoms with Gasteiger partial charge in [-0.2, -0.15) is 5.26 Å². The van der Waals surface area contributed by atoms with E-state index in [2.05, 4.69) is 0 Å². The van der Waals surface area contributed by atoms with Gasteiger partial charge < -0.3 is 5.73 Å². The zero-order valence-electron chi connectivity index (χ0n) is 7.01. The van der Waals surface area contributed by atoms with E-state index >= 15 is 0 Å². The Hall–Kier alpha value is -1.47. The Morgan fingerprint density at radius 2 is 1.85 bits per heavy atom. The molecule has 0 aliphatic carbocycles. The van der Waals surface area contributed by atoms with Crippen molar-refractivity contribution in [3.8, 4) is 6.07 Å². The van der Waals surface area contributed by atoms with Gasteiger partial charge in [0, 0.05) is 6.04 Å². The third-order valence-corrected chi connectivity index (χ3v) is 1.70. The quantitative estimate of drug-likeness (QED) is 0.720. The van der Waals surface area contributed by atoms with Gasteiger partial charge in [-0.3, -0.25) is 0 Å². The molecule has 0 spiro atoms. The van der Waals surface area contributed by atoms with Gasteiger partial charge in [0.1, 0.15) is 23.3 Å². The van der Waals surface area contributed by atoms with Crippen molar-refractivity contribution in [2.45, 2.75) is 13.0 Å². The van der Waals surface area contributed by atoms with E-state index in [1.807, 2.05) is 0 Å². The lowest BCUT2D eigenvalue weighted by Gasteiger charge is -2.06. The minimum Gasteiger partial charge on any atom is -0.324 e. The Balaban J connectivity index is 3.30. The molecule has 2 N–H and O–H groups in total. The summed E-state index contributed by atoms with van der Waals surface area (Å²) in [7, 11) is 0. The number of nitriles is 1. The third-order valence-electron chi connectivity index (χ3n) is 1.70. The fourth-order valence-corrected chi connectivity index (χ4v) is 0.962. The van der Waals surface area contributed by atoms with Crippen LogP contribution in [0.1, 0.15) is 24.1 Å². The van der Waals surface area contributed by atoms with Crippen molar-refractivity contribution in [2.24, 2.45) is 5.73 Å². The molecule has 0 aliphatic rings. The first kappa shape index (κ1) is 9.62. The molecule has 0 saturated carbocycles. The highest BCUT2D eigenvalue weighted by molar-refractivity contribution is 5.35. The van der Waals surface area contributed by atoms with Crippen LogP contribution in [-0.2, 0) is 0 Å². The van der Waals surface area contributed by atoms with Crippen LogP contribution in [0.25, 0.3) is 0 Å². The number of nitrogens with two attached hydrogens (primary N) is 1. The Bertz CT molecular complexity index is 343. The molecule has 1 rings (SSSR count). The normalized spacial score (nSPS) is 12.2. The maximum absolute atomic E-state index is 13.0. The minimum atomic E-state index is -0.866. The van der Waals surface area contributed by atoms with Crippen molar-refractivity contribution in [1.82, 2.24) is 0 Å². The van der Waals surface area contributed by atoms with E-state index in [9.17, 15) is 8.78 Å². The van der Waals surface area contributed by atoms with E-state index in [0.29, 0.717) is 5.56 Å². The van der Waals surface area contributed by atoms with E-state index in [-0.39, 0.29) is 0 Å². The van der Waals surface area contributed by atoms with Gasteiger partial charge >= 0.3 is 0 Å². The predicted molar refractivity (Wildman–Crippen MR) is 43.7 cm³/mol. The lowest BCUT2D eigenvalue weighted by Crippen LogP contribution is -2.06. The average molecular weight is 182 g/mol. The zero-order valence-corrected chi connectivity index (χ0v) is 7.01. The summed E-state index contributed by atoms with van der Waals surface area (Å²) >= 11 is 0. The minimum absolute atomic E-state index is 0.342. The molecule has 0 fully saturated rings. The number of nitrogens with zero attached hydrogens (tertiary/aromatic N) is 1. The number of halogens is 2. The first-order valence-corrected chi connectivity index (χ1v) is 3.71. The highest BCUT2D eigenvalue weighted by atomic mass is 19.1. The highest BCUT2D eigenvalue weighted by Gasteiger charge is 2.11. The van der Waals surface area contributed by atoms with Crippen molar-refractivity contribution in [1.29, 1.82) is 5.26 Å². The fourth-order valence-electron chi connectivity index (χ4n) is 0.962. The van der Waals surface area contributed by atoms with Crippen LogP contribution >= 0.6 is 0 Å². The Kier molecular flexibility index (Phi) is 2.59.